The third kappa shape index (κ3) is 4.72. The molecule has 1 aliphatic rings. The van der Waals surface area contributed by atoms with Gasteiger partial charge in [0.25, 0.3) is 5.91 Å². The molecule has 8 heteroatoms. The van der Waals surface area contributed by atoms with Gasteiger partial charge in [-0.1, -0.05) is 48.0 Å². The average molecular weight is 436 g/mol. The Labute approximate surface area is 178 Å². The van der Waals surface area contributed by atoms with Gasteiger partial charge in [0.15, 0.2) is 0 Å². The summed E-state index contributed by atoms with van der Waals surface area (Å²) in [5.74, 6) is -0.586. The number of anilines is 1. The predicted octanol–water partition coefficient (Wildman–Crippen LogP) is 4.55. The van der Waals surface area contributed by atoms with Crippen LogP contribution in [0.3, 0.4) is 0 Å². The Morgan fingerprint density at radius 3 is 2.79 bits per heavy atom. The van der Waals surface area contributed by atoms with E-state index in [4.69, 9.17) is 37.4 Å². The van der Waals surface area contributed by atoms with Crippen molar-refractivity contribution < 1.29 is 23.8 Å². The molecular weight excluding hydrogens is 417 g/mol. The Morgan fingerprint density at radius 1 is 1.28 bits per heavy atom. The van der Waals surface area contributed by atoms with Gasteiger partial charge >= 0.3 is 5.97 Å². The summed E-state index contributed by atoms with van der Waals surface area (Å²) in [6.45, 7) is 3.55. The Hall–Kier alpha value is -2.54. The van der Waals surface area contributed by atoms with E-state index in [2.05, 4.69) is 11.9 Å². The van der Waals surface area contributed by atoms with E-state index in [1.54, 1.807) is 36.4 Å². The molecule has 6 nitrogen and oxygen atoms in total. The molecule has 0 aliphatic carbocycles. The largest absolute Gasteiger partial charge is 0.495 e. The summed E-state index contributed by atoms with van der Waals surface area (Å²) in [4.78, 5) is 24.8. The number of hydrogen-bond donors (Lipinski definition) is 1. The van der Waals surface area contributed by atoms with E-state index < -0.39 is 24.1 Å². The fourth-order valence-corrected chi connectivity index (χ4v) is 3.49. The number of rotatable bonds is 6. The lowest BCUT2D eigenvalue weighted by atomic mass is 9.99. The first-order valence-corrected chi connectivity index (χ1v) is 9.55. The van der Waals surface area contributed by atoms with Crippen LogP contribution in [0.25, 0.3) is 0 Å². The van der Waals surface area contributed by atoms with Gasteiger partial charge in [-0.2, -0.15) is 0 Å². The monoisotopic (exact) mass is 435 g/mol. The van der Waals surface area contributed by atoms with Gasteiger partial charge in [-0.15, -0.1) is 0 Å². The fraction of sp³-hybridized carbons (Fsp3) is 0.238. The van der Waals surface area contributed by atoms with Crippen LogP contribution in [0.1, 0.15) is 23.7 Å². The van der Waals surface area contributed by atoms with Crippen LogP contribution >= 0.6 is 23.2 Å². The number of methoxy groups -OCH3 is 1. The second kappa shape index (κ2) is 9.31. The van der Waals surface area contributed by atoms with Gasteiger partial charge in [0.05, 0.1) is 18.6 Å². The molecule has 0 bridgehead atoms. The van der Waals surface area contributed by atoms with Crippen molar-refractivity contribution in [3.8, 4) is 5.75 Å². The maximum Gasteiger partial charge on any atom is 0.309 e. The van der Waals surface area contributed by atoms with Crippen molar-refractivity contribution in [3.05, 3.63) is 70.2 Å². The number of fused-ring (bicyclic) bond motifs is 1. The SMILES string of the molecule is C=CCOC(=O)C[C@H]1O[C@H](c2cccc(OC)c2Cl)c2cc(Cl)ccc2NC1=O. The second-order valence-electron chi connectivity index (χ2n) is 6.26. The molecule has 2 aromatic rings. The van der Waals surface area contributed by atoms with Gasteiger partial charge < -0.3 is 19.5 Å². The minimum absolute atomic E-state index is 0.0497. The van der Waals surface area contributed by atoms with Crippen molar-refractivity contribution in [3.63, 3.8) is 0 Å². The molecule has 1 amide bonds. The predicted molar refractivity (Wildman–Crippen MR) is 111 cm³/mol. The highest BCUT2D eigenvalue weighted by Gasteiger charge is 2.34. The summed E-state index contributed by atoms with van der Waals surface area (Å²) in [7, 11) is 1.51. The Balaban J connectivity index is 2.03. The molecular formula is C21H19Cl2NO5. The highest BCUT2D eigenvalue weighted by atomic mass is 35.5. The standard InChI is InChI=1S/C21H19Cl2NO5/c1-3-9-28-18(25)11-17-21(26)24-15-8-7-12(22)10-14(15)20(29-17)13-5-4-6-16(27-2)19(13)23/h3-8,10,17,20H,1,9,11H2,2H3,(H,24,26)/t17-,20-/m1/s1. The third-order valence-corrected chi connectivity index (χ3v) is 5.00. The van der Waals surface area contributed by atoms with Crippen molar-refractivity contribution >= 4 is 40.8 Å². The molecule has 0 fully saturated rings. The van der Waals surface area contributed by atoms with Gasteiger partial charge in [0, 0.05) is 21.8 Å². The van der Waals surface area contributed by atoms with Crippen LogP contribution in [0.2, 0.25) is 10.0 Å². The van der Waals surface area contributed by atoms with E-state index in [1.165, 1.54) is 13.2 Å². The number of carbonyl (C=O) groups excluding carboxylic acids is 2. The molecule has 0 saturated heterocycles. The lowest BCUT2D eigenvalue weighted by Gasteiger charge is -2.23. The molecule has 3 rings (SSSR count). The van der Waals surface area contributed by atoms with Gasteiger partial charge in [-0.3, -0.25) is 9.59 Å². The van der Waals surface area contributed by atoms with Gasteiger partial charge in [-0.25, -0.2) is 0 Å². The van der Waals surface area contributed by atoms with Crippen LogP contribution in [-0.4, -0.2) is 31.7 Å². The zero-order valence-corrected chi connectivity index (χ0v) is 17.1. The smallest absolute Gasteiger partial charge is 0.309 e. The quantitative estimate of drug-likeness (QED) is 0.532. The Morgan fingerprint density at radius 2 is 2.07 bits per heavy atom. The number of halogens is 2. The number of amides is 1. The van der Waals surface area contributed by atoms with E-state index in [0.29, 0.717) is 32.6 Å². The van der Waals surface area contributed by atoms with Crippen LogP contribution in [0.15, 0.2) is 49.1 Å². The summed E-state index contributed by atoms with van der Waals surface area (Å²) >= 11 is 12.7. The molecule has 0 unspecified atom stereocenters. The van der Waals surface area contributed by atoms with E-state index in [-0.39, 0.29) is 13.0 Å². The van der Waals surface area contributed by atoms with Crippen LogP contribution < -0.4 is 10.1 Å². The summed E-state index contributed by atoms with van der Waals surface area (Å²) in [6, 6.07) is 10.3. The number of ether oxygens (including phenoxy) is 3. The molecule has 2 atom stereocenters. The molecule has 29 heavy (non-hydrogen) atoms. The summed E-state index contributed by atoms with van der Waals surface area (Å²) in [5.41, 5.74) is 1.71. The number of nitrogens with one attached hydrogen (secondary N) is 1. The third-order valence-electron chi connectivity index (χ3n) is 4.36. The van der Waals surface area contributed by atoms with Crippen LogP contribution in [-0.2, 0) is 19.1 Å². The maximum atomic E-state index is 12.7. The second-order valence-corrected chi connectivity index (χ2v) is 7.08. The zero-order valence-electron chi connectivity index (χ0n) is 15.6. The molecule has 0 radical (unpaired) electrons. The van der Waals surface area contributed by atoms with E-state index in [9.17, 15) is 9.59 Å². The van der Waals surface area contributed by atoms with Crippen LogP contribution in [0.4, 0.5) is 5.69 Å². The molecule has 2 aromatic carbocycles. The first-order chi connectivity index (χ1) is 13.9. The molecule has 1 heterocycles. The first kappa shape index (κ1) is 21.2. The van der Waals surface area contributed by atoms with Gasteiger partial charge in [0.2, 0.25) is 0 Å². The number of carbonyl (C=O) groups is 2. The van der Waals surface area contributed by atoms with Crippen LogP contribution in [0, 0.1) is 0 Å². The van der Waals surface area contributed by atoms with E-state index in [1.807, 2.05) is 0 Å². The molecule has 152 valence electrons. The minimum Gasteiger partial charge on any atom is -0.495 e. The number of esters is 1. The zero-order chi connectivity index (χ0) is 21.0. The molecule has 0 saturated carbocycles. The van der Waals surface area contributed by atoms with Crippen molar-refractivity contribution in [1.82, 2.24) is 0 Å². The lowest BCUT2D eigenvalue weighted by molar-refractivity contribution is -0.150. The topological polar surface area (TPSA) is 73.9 Å². The fourth-order valence-electron chi connectivity index (χ4n) is 3.01. The first-order valence-electron chi connectivity index (χ1n) is 8.79. The summed E-state index contributed by atoms with van der Waals surface area (Å²) in [5, 5.41) is 3.59. The highest BCUT2D eigenvalue weighted by molar-refractivity contribution is 6.33. The highest BCUT2D eigenvalue weighted by Crippen LogP contribution is 2.42. The van der Waals surface area contributed by atoms with Crippen molar-refractivity contribution in [2.75, 3.05) is 19.0 Å². The van der Waals surface area contributed by atoms with Gasteiger partial charge in [0.1, 0.15) is 24.6 Å². The normalized spacial score (nSPS) is 18.2. The van der Waals surface area contributed by atoms with E-state index >= 15 is 0 Å². The number of benzene rings is 2. The Kier molecular flexibility index (Phi) is 6.79. The molecule has 0 spiro atoms. The van der Waals surface area contributed by atoms with Crippen molar-refractivity contribution in [2.45, 2.75) is 18.6 Å². The Bertz CT molecular complexity index is 947. The van der Waals surface area contributed by atoms with Crippen molar-refractivity contribution in [2.24, 2.45) is 0 Å². The van der Waals surface area contributed by atoms with Crippen molar-refractivity contribution in [1.29, 1.82) is 0 Å². The van der Waals surface area contributed by atoms with E-state index in [0.717, 1.165) is 0 Å². The van der Waals surface area contributed by atoms with Crippen LogP contribution in [0.5, 0.6) is 5.75 Å². The number of hydrogen-bond acceptors (Lipinski definition) is 5. The summed E-state index contributed by atoms with van der Waals surface area (Å²) < 4.78 is 16.4. The maximum absolute atomic E-state index is 12.7. The summed E-state index contributed by atoms with van der Waals surface area (Å²) in [6.07, 6.45) is -0.671. The molecule has 0 aromatic heterocycles. The lowest BCUT2D eigenvalue weighted by Crippen LogP contribution is -2.32. The average Bonchev–Trinajstić information content (AvgIpc) is 2.83. The molecule has 1 aliphatic heterocycles. The molecule has 1 N–H and O–H groups in total. The minimum atomic E-state index is -1.09. The van der Waals surface area contributed by atoms with Gasteiger partial charge in [-0.05, 0) is 24.3 Å².